The van der Waals surface area contributed by atoms with E-state index in [0.717, 1.165) is 6.42 Å². The number of rotatable bonds is 4. The summed E-state index contributed by atoms with van der Waals surface area (Å²) in [6.45, 7) is 8.58. The zero-order valence-corrected chi connectivity index (χ0v) is 12.3. The Kier molecular flexibility index (Phi) is 5.18. The molecule has 1 aromatic rings. The molecule has 0 saturated heterocycles. The van der Waals surface area contributed by atoms with E-state index in [1.165, 1.54) is 6.07 Å². The molecule has 0 radical (unpaired) electrons. The molecule has 0 aliphatic heterocycles. The Hall–Kier alpha value is -0.600. The van der Waals surface area contributed by atoms with E-state index < -0.39 is 11.9 Å². The van der Waals surface area contributed by atoms with Crippen LogP contribution < -0.4 is 0 Å². The Morgan fingerprint density at radius 1 is 1.33 bits per heavy atom. The lowest BCUT2D eigenvalue weighted by molar-refractivity contribution is 0.130. The average molecular weight is 273 g/mol. The van der Waals surface area contributed by atoms with Gasteiger partial charge in [-0.2, -0.15) is 0 Å². The van der Waals surface area contributed by atoms with E-state index in [2.05, 4.69) is 27.7 Å². The first-order valence-corrected chi connectivity index (χ1v) is 6.70. The van der Waals surface area contributed by atoms with Gasteiger partial charge in [0.05, 0.1) is 6.10 Å². The maximum atomic E-state index is 13.6. The third-order valence-electron chi connectivity index (χ3n) is 2.91. The van der Waals surface area contributed by atoms with Crippen LogP contribution in [0, 0.1) is 17.2 Å². The zero-order valence-electron chi connectivity index (χ0n) is 11.5. The topological polar surface area (TPSA) is 20.2 Å². The van der Waals surface area contributed by atoms with Crippen molar-refractivity contribution in [2.45, 2.75) is 46.6 Å². The Bertz CT molecular complexity index is 398. The van der Waals surface area contributed by atoms with E-state index >= 15 is 0 Å². The van der Waals surface area contributed by atoms with Crippen molar-refractivity contribution in [3.63, 3.8) is 0 Å². The molecule has 1 aromatic carbocycles. The van der Waals surface area contributed by atoms with Gasteiger partial charge in [0.2, 0.25) is 0 Å². The van der Waals surface area contributed by atoms with E-state index in [4.69, 9.17) is 11.6 Å². The zero-order chi connectivity index (χ0) is 13.9. The molecule has 0 spiro atoms. The minimum absolute atomic E-state index is 0.220. The molecule has 0 aliphatic carbocycles. The van der Waals surface area contributed by atoms with Crippen molar-refractivity contribution >= 4 is 11.6 Å². The SMILES string of the molecule is CC(CC(O)c1ccc(Cl)cc1F)CC(C)(C)C. The lowest BCUT2D eigenvalue weighted by Gasteiger charge is -2.25. The highest BCUT2D eigenvalue weighted by Gasteiger charge is 2.20. The molecule has 1 nitrogen and oxygen atoms in total. The van der Waals surface area contributed by atoms with Crippen LogP contribution in [-0.4, -0.2) is 5.11 Å². The smallest absolute Gasteiger partial charge is 0.130 e. The van der Waals surface area contributed by atoms with Crippen LogP contribution in [-0.2, 0) is 0 Å². The Morgan fingerprint density at radius 2 is 1.94 bits per heavy atom. The third kappa shape index (κ3) is 4.95. The van der Waals surface area contributed by atoms with Crippen molar-refractivity contribution in [3.8, 4) is 0 Å². The average Bonchev–Trinajstić information content (AvgIpc) is 2.13. The second-order valence-electron chi connectivity index (χ2n) is 6.29. The van der Waals surface area contributed by atoms with Crippen LogP contribution in [0.1, 0.15) is 52.2 Å². The van der Waals surface area contributed by atoms with Crippen molar-refractivity contribution in [3.05, 3.63) is 34.6 Å². The van der Waals surface area contributed by atoms with Crippen molar-refractivity contribution < 1.29 is 9.50 Å². The van der Waals surface area contributed by atoms with Crippen LogP contribution in [0.15, 0.2) is 18.2 Å². The van der Waals surface area contributed by atoms with Gasteiger partial charge in [0.1, 0.15) is 5.82 Å². The monoisotopic (exact) mass is 272 g/mol. The molecule has 2 atom stereocenters. The molecule has 1 N–H and O–H groups in total. The summed E-state index contributed by atoms with van der Waals surface area (Å²) < 4.78 is 13.6. The predicted octanol–water partition coefficient (Wildman–Crippen LogP) is 4.97. The van der Waals surface area contributed by atoms with E-state index in [-0.39, 0.29) is 5.41 Å². The van der Waals surface area contributed by atoms with Crippen molar-refractivity contribution in [2.75, 3.05) is 0 Å². The molecule has 0 aliphatic rings. The molecule has 3 heteroatoms. The van der Waals surface area contributed by atoms with Crippen molar-refractivity contribution in [2.24, 2.45) is 11.3 Å². The lowest BCUT2D eigenvalue weighted by Crippen LogP contribution is -2.14. The number of benzene rings is 1. The van der Waals surface area contributed by atoms with Gasteiger partial charge in [-0.15, -0.1) is 0 Å². The molecule has 0 fully saturated rings. The Morgan fingerprint density at radius 3 is 2.44 bits per heavy atom. The van der Waals surface area contributed by atoms with Gasteiger partial charge in [0.25, 0.3) is 0 Å². The number of hydrogen-bond acceptors (Lipinski definition) is 1. The third-order valence-corrected chi connectivity index (χ3v) is 3.14. The summed E-state index contributed by atoms with van der Waals surface area (Å²) in [5.74, 6) is -0.0898. The van der Waals surface area contributed by atoms with Crippen molar-refractivity contribution in [1.29, 1.82) is 0 Å². The largest absolute Gasteiger partial charge is 0.388 e. The van der Waals surface area contributed by atoms with Gasteiger partial charge in [0, 0.05) is 10.6 Å². The molecule has 18 heavy (non-hydrogen) atoms. The van der Waals surface area contributed by atoms with E-state index in [1.807, 2.05) is 0 Å². The van der Waals surface area contributed by atoms with Crippen LogP contribution >= 0.6 is 11.6 Å². The van der Waals surface area contributed by atoms with Gasteiger partial charge in [-0.3, -0.25) is 0 Å². The first-order valence-electron chi connectivity index (χ1n) is 6.32. The van der Waals surface area contributed by atoms with Gasteiger partial charge in [-0.05, 0) is 36.3 Å². The summed E-state index contributed by atoms with van der Waals surface area (Å²) in [4.78, 5) is 0. The van der Waals surface area contributed by atoms with Crippen LogP contribution in [0.4, 0.5) is 4.39 Å². The van der Waals surface area contributed by atoms with Crippen LogP contribution in [0.3, 0.4) is 0 Å². The molecule has 0 bridgehead atoms. The summed E-state index contributed by atoms with van der Waals surface area (Å²) in [6.07, 6.45) is 0.800. The maximum absolute atomic E-state index is 13.6. The second kappa shape index (κ2) is 6.03. The van der Waals surface area contributed by atoms with E-state index in [1.54, 1.807) is 12.1 Å². The minimum Gasteiger partial charge on any atom is -0.388 e. The number of hydrogen-bond donors (Lipinski definition) is 1. The maximum Gasteiger partial charge on any atom is 0.130 e. The first kappa shape index (κ1) is 15.5. The fourth-order valence-corrected chi connectivity index (χ4v) is 2.57. The number of halogens is 2. The molecule has 0 amide bonds. The highest BCUT2D eigenvalue weighted by atomic mass is 35.5. The number of aliphatic hydroxyl groups is 1. The van der Waals surface area contributed by atoms with Gasteiger partial charge in [0.15, 0.2) is 0 Å². The molecule has 0 aromatic heterocycles. The molecule has 0 saturated carbocycles. The Balaban J connectivity index is 2.67. The van der Waals surface area contributed by atoms with Gasteiger partial charge < -0.3 is 5.11 Å². The summed E-state index contributed by atoms with van der Waals surface area (Å²) in [6, 6.07) is 4.41. The highest BCUT2D eigenvalue weighted by Crippen LogP contribution is 2.31. The predicted molar refractivity (Wildman–Crippen MR) is 74.2 cm³/mol. The van der Waals surface area contributed by atoms with Crippen LogP contribution in [0.2, 0.25) is 5.02 Å². The van der Waals surface area contributed by atoms with E-state index in [0.29, 0.717) is 22.9 Å². The van der Waals surface area contributed by atoms with Crippen LogP contribution in [0.25, 0.3) is 0 Å². The molecular formula is C15H22ClFO. The second-order valence-corrected chi connectivity index (χ2v) is 6.72. The molecule has 102 valence electrons. The van der Waals surface area contributed by atoms with Gasteiger partial charge >= 0.3 is 0 Å². The summed E-state index contributed by atoms with van der Waals surface area (Å²) in [7, 11) is 0. The van der Waals surface area contributed by atoms with Gasteiger partial charge in [-0.25, -0.2) is 4.39 Å². The first-order chi connectivity index (χ1) is 8.19. The highest BCUT2D eigenvalue weighted by molar-refractivity contribution is 6.30. The van der Waals surface area contributed by atoms with Crippen molar-refractivity contribution in [1.82, 2.24) is 0 Å². The lowest BCUT2D eigenvalue weighted by atomic mass is 9.82. The summed E-state index contributed by atoms with van der Waals surface area (Å²) >= 11 is 5.69. The standard InChI is InChI=1S/C15H22ClFO/c1-10(9-15(2,3)4)7-14(18)12-6-5-11(16)8-13(12)17/h5-6,8,10,14,18H,7,9H2,1-4H3. The summed E-state index contributed by atoms with van der Waals surface area (Å²) in [5, 5.41) is 10.4. The fraction of sp³-hybridized carbons (Fsp3) is 0.600. The molecular weight excluding hydrogens is 251 g/mol. The van der Waals surface area contributed by atoms with Crippen LogP contribution in [0.5, 0.6) is 0 Å². The normalized spacial score (nSPS) is 15.5. The molecule has 0 heterocycles. The Labute approximate surface area is 114 Å². The van der Waals surface area contributed by atoms with Gasteiger partial charge in [-0.1, -0.05) is 45.4 Å². The number of aliphatic hydroxyl groups excluding tert-OH is 1. The molecule has 2 unspecified atom stereocenters. The fourth-order valence-electron chi connectivity index (χ4n) is 2.41. The summed E-state index contributed by atoms with van der Waals surface area (Å²) in [5.41, 5.74) is 0.553. The quantitative estimate of drug-likeness (QED) is 0.820. The molecule has 1 rings (SSSR count). The minimum atomic E-state index is -0.764. The van der Waals surface area contributed by atoms with E-state index in [9.17, 15) is 9.50 Å².